The highest BCUT2D eigenvalue weighted by molar-refractivity contribution is 7.92. The number of nitrogens with zero attached hydrogens (tertiary/aromatic N) is 2. The molecule has 1 amide bonds. The zero-order valence-electron chi connectivity index (χ0n) is 18.0. The Balaban J connectivity index is 1.59. The normalized spacial score (nSPS) is 14.6. The molecule has 162 valence electrons. The minimum atomic E-state index is -3.58. The Bertz CT molecular complexity index is 961. The molecule has 0 saturated carbocycles. The first-order valence-electron chi connectivity index (χ1n) is 10.3. The molecule has 0 aromatic heterocycles. The first kappa shape index (κ1) is 22.3. The summed E-state index contributed by atoms with van der Waals surface area (Å²) in [5.74, 6) is -0.333. The molecule has 2 aromatic carbocycles. The zero-order chi connectivity index (χ0) is 21.7. The van der Waals surface area contributed by atoms with E-state index in [-0.39, 0.29) is 12.5 Å². The van der Waals surface area contributed by atoms with E-state index < -0.39 is 10.0 Å². The second-order valence-corrected chi connectivity index (χ2v) is 10.1. The fourth-order valence-corrected chi connectivity index (χ4v) is 4.68. The van der Waals surface area contributed by atoms with Gasteiger partial charge in [0.15, 0.2) is 0 Å². The van der Waals surface area contributed by atoms with Crippen LogP contribution < -0.4 is 9.62 Å². The van der Waals surface area contributed by atoms with Crippen LogP contribution in [0.5, 0.6) is 0 Å². The van der Waals surface area contributed by atoms with Crippen molar-refractivity contribution in [3.8, 4) is 0 Å². The van der Waals surface area contributed by atoms with Gasteiger partial charge in [-0.15, -0.1) is 0 Å². The zero-order valence-corrected chi connectivity index (χ0v) is 18.8. The van der Waals surface area contributed by atoms with Gasteiger partial charge in [0.25, 0.3) is 0 Å². The van der Waals surface area contributed by atoms with E-state index in [0.717, 1.165) is 46.9 Å². The van der Waals surface area contributed by atoms with Crippen LogP contribution in [0.25, 0.3) is 0 Å². The standard InChI is InChI=1S/C23H31N3O3S/c1-18-12-19(2)14-22(13-18)26(30(3,28)29)17-23(27)24-15-20-6-8-21(9-7-20)16-25-10-4-5-11-25/h6-9,12-14H,4-5,10-11,15-17H2,1-3H3,(H,24,27). The van der Waals surface area contributed by atoms with Crippen molar-refractivity contribution < 1.29 is 13.2 Å². The predicted octanol–water partition coefficient (Wildman–Crippen LogP) is 2.98. The topological polar surface area (TPSA) is 69.7 Å². The van der Waals surface area contributed by atoms with Crippen molar-refractivity contribution in [2.24, 2.45) is 0 Å². The largest absolute Gasteiger partial charge is 0.350 e. The van der Waals surface area contributed by atoms with E-state index in [4.69, 9.17) is 0 Å². The van der Waals surface area contributed by atoms with Crippen LogP contribution in [0.1, 0.15) is 35.1 Å². The number of carbonyl (C=O) groups is 1. The number of carbonyl (C=O) groups excluding carboxylic acids is 1. The summed E-state index contributed by atoms with van der Waals surface area (Å²) in [6, 6.07) is 13.8. The van der Waals surface area contributed by atoms with Crippen LogP contribution in [0.15, 0.2) is 42.5 Å². The third kappa shape index (κ3) is 6.31. The summed E-state index contributed by atoms with van der Waals surface area (Å²) in [4.78, 5) is 14.9. The lowest BCUT2D eigenvalue weighted by Gasteiger charge is -2.23. The SMILES string of the molecule is Cc1cc(C)cc(N(CC(=O)NCc2ccc(CN3CCCC3)cc2)S(C)(=O)=O)c1. The lowest BCUT2D eigenvalue weighted by atomic mass is 10.1. The van der Waals surface area contributed by atoms with Gasteiger partial charge in [-0.25, -0.2) is 8.42 Å². The van der Waals surface area contributed by atoms with Gasteiger partial charge in [-0.05, 0) is 74.2 Å². The maximum atomic E-state index is 12.5. The van der Waals surface area contributed by atoms with Crippen LogP contribution >= 0.6 is 0 Å². The number of rotatable bonds is 8. The van der Waals surface area contributed by atoms with Gasteiger partial charge >= 0.3 is 0 Å². The van der Waals surface area contributed by atoms with Crippen molar-refractivity contribution in [3.63, 3.8) is 0 Å². The van der Waals surface area contributed by atoms with E-state index in [9.17, 15) is 13.2 Å². The third-order valence-corrected chi connectivity index (χ3v) is 6.44. The van der Waals surface area contributed by atoms with Crippen LogP contribution in [-0.4, -0.2) is 45.1 Å². The second-order valence-electron chi connectivity index (χ2n) is 8.19. The third-order valence-electron chi connectivity index (χ3n) is 5.30. The molecular formula is C23H31N3O3S. The minimum Gasteiger partial charge on any atom is -0.350 e. The molecule has 0 radical (unpaired) electrons. The number of nitrogens with one attached hydrogen (secondary N) is 1. The lowest BCUT2D eigenvalue weighted by molar-refractivity contribution is -0.119. The maximum absolute atomic E-state index is 12.5. The van der Waals surface area contributed by atoms with Crippen LogP contribution in [-0.2, 0) is 27.9 Å². The molecule has 3 rings (SSSR count). The fraction of sp³-hybridized carbons (Fsp3) is 0.435. The number of anilines is 1. The predicted molar refractivity (Wildman–Crippen MR) is 121 cm³/mol. The summed E-state index contributed by atoms with van der Waals surface area (Å²) >= 11 is 0. The van der Waals surface area contributed by atoms with Gasteiger partial charge in [-0.3, -0.25) is 14.0 Å². The number of hydrogen-bond acceptors (Lipinski definition) is 4. The summed E-state index contributed by atoms with van der Waals surface area (Å²) in [5.41, 5.74) is 4.67. The molecule has 1 fully saturated rings. The maximum Gasteiger partial charge on any atom is 0.241 e. The molecule has 0 unspecified atom stereocenters. The van der Waals surface area contributed by atoms with Gasteiger partial charge in [0.2, 0.25) is 15.9 Å². The summed E-state index contributed by atoms with van der Waals surface area (Å²) in [6.45, 7) is 7.23. The van der Waals surface area contributed by atoms with E-state index in [1.54, 1.807) is 12.1 Å². The molecule has 1 N–H and O–H groups in total. The highest BCUT2D eigenvalue weighted by atomic mass is 32.2. The monoisotopic (exact) mass is 429 g/mol. The van der Waals surface area contributed by atoms with Crippen LogP contribution in [0.3, 0.4) is 0 Å². The Morgan fingerprint density at radius 3 is 2.13 bits per heavy atom. The molecule has 1 saturated heterocycles. The summed E-state index contributed by atoms with van der Waals surface area (Å²) in [7, 11) is -3.58. The highest BCUT2D eigenvalue weighted by Crippen LogP contribution is 2.21. The number of likely N-dealkylation sites (tertiary alicyclic amines) is 1. The highest BCUT2D eigenvalue weighted by Gasteiger charge is 2.21. The molecular weight excluding hydrogens is 398 g/mol. The molecule has 2 aromatic rings. The average molecular weight is 430 g/mol. The molecule has 30 heavy (non-hydrogen) atoms. The Hall–Kier alpha value is -2.38. The Morgan fingerprint density at radius 2 is 1.57 bits per heavy atom. The van der Waals surface area contributed by atoms with Gasteiger partial charge < -0.3 is 5.32 Å². The number of hydrogen-bond donors (Lipinski definition) is 1. The van der Waals surface area contributed by atoms with E-state index in [0.29, 0.717) is 12.2 Å². The Kier molecular flexibility index (Phi) is 7.15. The van der Waals surface area contributed by atoms with E-state index in [2.05, 4.69) is 22.3 Å². The van der Waals surface area contributed by atoms with Crippen molar-refractivity contribution in [1.29, 1.82) is 0 Å². The molecule has 1 aliphatic rings. The first-order chi connectivity index (χ1) is 14.2. The molecule has 7 heteroatoms. The molecule has 0 aliphatic carbocycles. The molecule has 1 heterocycles. The van der Waals surface area contributed by atoms with E-state index >= 15 is 0 Å². The van der Waals surface area contributed by atoms with E-state index in [1.165, 1.54) is 18.4 Å². The second kappa shape index (κ2) is 9.62. The van der Waals surface area contributed by atoms with Gasteiger partial charge in [0, 0.05) is 13.1 Å². The van der Waals surface area contributed by atoms with Gasteiger partial charge in [-0.2, -0.15) is 0 Å². The fourth-order valence-electron chi connectivity index (χ4n) is 3.84. The molecule has 0 spiro atoms. The molecule has 0 bridgehead atoms. The number of sulfonamides is 1. The van der Waals surface area contributed by atoms with Crippen molar-refractivity contribution in [1.82, 2.24) is 10.2 Å². The number of amides is 1. The lowest BCUT2D eigenvalue weighted by Crippen LogP contribution is -2.40. The first-order valence-corrected chi connectivity index (χ1v) is 12.2. The molecule has 6 nitrogen and oxygen atoms in total. The van der Waals surface area contributed by atoms with Crippen molar-refractivity contribution in [2.75, 3.05) is 30.2 Å². The molecule has 1 aliphatic heterocycles. The van der Waals surface area contributed by atoms with Gasteiger partial charge in [0.05, 0.1) is 11.9 Å². The number of benzene rings is 2. The van der Waals surface area contributed by atoms with Crippen LogP contribution in [0.4, 0.5) is 5.69 Å². The number of aryl methyl sites for hydroxylation is 2. The average Bonchev–Trinajstić information content (AvgIpc) is 3.17. The summed E-state index contributed by atoms with van der Waals surface area (Å²) < 4.78 is 25.7. The van der Waals surface area contributed by atoms with Crippen molar-refractivity contribution in [3.05, 3.63) is 64.7 Å². The smallest absolute Gasteiger partial charge is 0.241 e. The van der Waals surface area contributed by atoms with Crippen LogP contribution in [0, 0.1) is 13.8 Å². The molecule has 0 atom stereocenters. The summed E-state index contributed by atoms with van der Waals surface area (Å²) in [6.07, 6.45) is 3.67. The van der Waals surface area contributed by atoms with Crippen molar-refractivity contribution in [2.45, 2.75) is 39.8 Å². The minimum absolute atomic E-state index is 0.241. The van der Waals surface area contributed by atoms with Crippen LogP contribution in [0.2, 0.25) is 0 Å². The van der Waals surface area contributed by atoms with Gasteiger partial charge in [-0.1, -0.05) is 30.3 Å². The van der Waals surface area contributed by atoms with Crippen molar-refractivity contribution >= 4 is 21.6 Å². The Morgan fingerprint density at radius 1 is 1.00 bits per heavy atom. The summed E-state index contributed by atoms with van der Waals surface area (Å²) in [5, 5.41) is 2.84. The van der Waals surface area contributed by atoms with E-state index in [1.807, 2.05) is 32.0 Å². The Labute approximate surface area is 179 Å². The quantitative estimate of drug-likeness (QED) is 0.700. The van der Waals surface area contributed by atoms with Gasteiger partial charge in [0.1, 0.15) is 6.54 Å².